The van der Waals surface area contributed by atoms with E-state index >= 15 is 0 Å². The predicted molar refractivity (Wildman–Crippen MR) is 60.0 cm³/mol. The number of anilines is 1. The maximum absolute atomic E-state index is 12.8. The first-order valence-electron chi connectivity index (χ1n) is 4.98. The van der Waals surface area contributed by atoms with Crippen molar-refractivity contribution in [3.63, 3.8) is 0 Å². The Morgan fingerprint density at radius 1 is 1.33 bits per heavy atom. The average Bonchev–Trinajstić information content (AvgIpc) is 2.73. The summed E-state index contributed by atoms with van der Waals surface area (Å²) < 4.78 is 43.2. The number of H-pyrrole nitrogens is 1. The van der Waals surface area contributed by atoms with Crippen molar-refractivity contribution in [2.45, 2.75) is 6.18 Å². The lowest BCUT2D eigenvalue weighted by Gasteiger charge is -2.13. The summed E-state index contributed by atoms with van der Waals surface area (Å²) in [7, 11) is 1.19. The van der Waals surface area contributed by atoms with Crippen LogP contribution in [-0.4, -0.2) is 17.3 Å². The van der Waals surface area contributed by atoms with Crippen LogP contribution in [0.4, 0.5) is 19.0 Å². The minimum absolute atomic E-state index is 0.216. The van der Waals surface area contributed by atoms with Crippen LogP contribution in [0.2, 0.25) is 0 Å². The van der Waals surface area contributed by atoms with Crippen molar-refractivity contribution in [1.82, 2.24) is 10.2 Å². The monoisotopic (exact) mass is 257 g/mol. The first-order valence-corrected chi connectivity index (χ1v) is 4.98. The van der Waals surface area contributed by atoms with Crippen LogP contribution >= 0.6 is 0 Å². The van der Waals surface area contributed by atoms with Crippen molar-refractivity contribution in [3.05, 3.63) is 30.0 Å². The number of hydrogen-bond acceptors (Lipinski definition) is 3. The Kier molecular flexibility index (Phi) is 2.90. The van der Waals surface area contributed by atoms with Crippen molar-refractivity contribution in [2.24, 2.45) is 0 Å². The molecule has 0 saturated carbocycles. The molecule has 0 saturated heterocycles. The molecule has 0 spiro atoms. The Balaban J connectivity index is 2.57. The summed E-state index contributed by atoms with van der Waals surface area (Å²) in [6, 6.07) is 3.74. The topological polar surface area (TPSA) is 63.9 Å². The molecule has 0 aliphatic carbocycles. The van der Waals surface area contributed by atoms with E-state index in [2.05, 4.69) is 10.2 Å². The van der Waals surface area contributed by atoms with Crippen LogP contribution in [-0.2, 0) is 6.18 Å². The highest BCUT2D eigenvalue weighted by atomic mass is 19.4. The molecule has 1 aromatic carbocycles. The molecule has 3 N–H and O–H groups in total. The highest BCUT2D eigenvalue weighted by Gasteiger charge is 2.34. The molecule has 0 amide bonds. The standard InChI is InChI=1S/C11H10F3N3O/c1-18-9-3-2-6(4-8(9)11(12,13)14)7-5-16-17-10(7)15/h2-5H,1H3,(H3,15,16,17). The van der Waals surface area contributed by atoms with Gasteiger partial charge in [0.05, 0.1) is 18.9 Å². The van der Waals surface area contributed by atoms with Gasteiger partial charge in [-0.25, -0.2) is 0 Å². The van der Waals surface area contributed by atoms with Crippen molar-refractivity contribution in [1.29, 1.82) is 0 Å². The van der Waals surface area contributed by atoms with E-state index in [4.69, 9.17) is 10.5 Å². The van der Waals surface area contributed by atoms with Gasteiger partial charge in [-0.1, -0.05) is 6.07 Å². The average molecular weight is 257 g/mol. The number of nitrogens with two attached hydrogens (primary N) is 1. The molecule has 0 unspecified atom stereocenters. The van der Waals surface area contributed by atoms with Crippen LogP contribution in [0.1, 0.15) is 5.56 Å². The fourth-order valence-electron chi connectivity index (χ4n) is 1.62. The number of methoxy groups -OCH3 is 1. The number of nitrogen functional groups attached to an aromatic ring is 1. The van der Waals surface area contributed by atoms with Gasteiger partial charge in [-0.15, -0.1) is 0 Å². The quantitative estimate of drug-likeness (QED) is 0.869. The van der Waals surface area contributed by atoms with Crippen molar-refractivity contribution < 1.29 is 17.9 Å². The van der Waals surface area contributed by atoms with Gasteiger partial charge < -0.3 is 10.5 Å². The number of ether oxygens (including phenoxy) is 1. The maximum Gasteiger partial charge on any atom is 0.419 e. The molecule has 0 fully saturated rings. The fraction of sp³-hybridized carbons (Fsp3) is 0.182. The molecule has 0 bridgehead atoms. The summed E-state index contributed by atoms with van der Waals surface area (Å²) in [6.07, 6.45) is -3.11. The number of nitrogens with one attached hydrogen (secondary N) is 1. The summed E-state index contributed by atoms with van der Waals surface area (Å²) in [5, 5.41) is 6.14. The number of rotatable bonds is 2. The van der Waals surface area contributed by atoms with E-state index in [9.17, 15) is 13.2 Å². The zero-order valence-corrected chi connectivity index (χ0v) is 9.38. The molecule has 2 aromatic rings. The van der Waals surface area contributed by atoms with Crippen LogP contribution in [0.5, 0.6) is 5.75 Å². The number of aromatic nitrogens is 2. The minimum Gasteiger partial charge on any atom is -0.496 e. The lowest BCUT2D eigenvalue weighted by atomic mass is 10.0. The van der Waals surface area contributed by atoms with Crippen molar-refractivity contribution in [2.75, 3.05) is 12.8 Å². The smallest absolute Gasteiger partial charge is 0.419 e. The molecule has 0 aliphatic rings. The highest BCUT2D eigenvalue weighted by molar-refractivity contribution is 5.74. The Hall–Kier alpha value is -2.18. The van der Waals surface area contributed by atoms with Crippen LogP contribution in [0.15, 0.2) is 24.4 Å². The zero-order valence-electron chi connectivity index (χ0n) is 9.38. The molecule has 4 nitrogen and oxygen atoms in total. The second-order valence-corrected chi connectivity index (χ2v) is 3.61. The lowest BCUT2D eigenvalue weighted by Crippen LogP contribution is -2.07. The Morgan fingerprint density at radius 2 is 2.06 bits per heavy atom. The molecule has 96 valence electrons. The van der Waals surface area contributed by atoms with Gasteiger partial charge in [0.15, 0.2) is 0 Å². The lowest BCUT2D eigenvalue weighted by molar-refractivity contribution is -0.138. The Labute approximate surface area is 101 Å². The number of hydrogen-bond donors (Lipinski definition) is 2. The third-order valence-electron chi connectivity index (χ3n) is 2.48. The molecule has 7 heteroatoms. The van der Waals surface area contributed by atoms with Crippen molar-refractivity contribution >= 4 is 5.82 Å². The normalized spacial score (nSPS) is 11.6. The van der Waals surface area contributed by atoms with E-state index in [0.29, 0.717) is 11.1 Å². The number of aromatic amines is 1. The van der Waals surface area contributed by atoms with Gasteiger partial charge in [0, 0.05) is 5.56 Å². The van der Waals surface area contributed by atoms with Gasteiger partial charge in [-0.2, -0.15) is 18.3 Å². The molecular weight excluding hydrogens is 247 g/mol. The fourth-order valence-corrected chi connectivity index (χ4v) is 1.62. The molecular formula is C11H10F3N3O. The van der Waals surface area contributed by atoms with Crippen LogP contribution in [0, 0.1) is 0 Å². The number of benzene rings is 1. The first-order chi connectivity index (χ1) is 8.43. The van der Waals surface area contributed by atoms with E-state index in [0.717, 1.165) is 6.07 Å². The van der Waals surface area contributed by atoms with E-state index < -0.39 is 11.7 Å². The molecule has 2 rings (SSSR count). The summed E-state index contributed by atoms with van der Waals surface area (Å²) in [6.45, 7) is 0. The second kappa shape index (κ2) is 4.25. The number of halogens is 3. The molecule has 1 heterocycles. The van der Waals surface area contributed by atoms with E-state index in [1.165, 1.54) is 25.4 Å². The molecule has 0 aliphatic heterocycles. The van der Waals surface area contributed by atoms with Crippen LogP contribution in [0.3, 0.4) is 0 Å². The van der Waals surface area contributed by atoms with E-state index in [1.807, 2.05) is 0 Å². The Bertz CT molecular complexity index is 563. The number of nitrogens with zero attached hydrogens (tertiary/aromatic N) is 1. The molecule has 0 radical (unpaired) electrons. The molecule has 0 atom stereocenters. The second-order valence-electron chi connectivity index (χ2n) is 3.61. The third-order valence-corrected chi connectivity index (χ3v) is 2.48. The van der Waals surface area contributed by atoms with E-state index in [-0.39, 0.29) is 11.6 Å². The summed E-state index contributed by atoms with van der Waals surface area (Å²) >= 11 is 0. The molecule has 18 heavy (non-hydrogen) atoms. The van der Waals surface area contributed by atoms with E-state index in [1.54, 1.807) is 0 Å². The summed E-state index contributed by atoms with van der Waals surface area (Å²) in [5.74, 6) is -0.0124. The number of alkyl halides is 3. The Morgan fingerprint density at radius 3 is 2.56 bits per heavy atom. The van der Waals surface area contributed by atoms with Crippen molar-refractivity contribution in [3.8, 4) is 16.9 Å². The van der Waals surface area contributed by atoms with Gasteiger partial charge in [-0.3, -0.25) is 5.10 Å². The maximum atomic E-state index is 12.8. The summed E-state index contributed by atoms with van der Waals surface area (Å²) in [5.41, 5.74) is 5.48. The highest BCUT2D eigenvalue weighted by Crippen LogP contribution is 2.39. The van der Waals surface area contributed by atoms with Gasteiger partial charge in [0.1, 0.15) is 11.6 Å². The zero-order chi connectivity index (χ0) is 13.3. The minimum atomic E-state index is -4.49. The molecule has 1 aromatic heterocycles. The summed E-state index contributed by atoms with van der Waals surface area (Å²) in [4.78, 5) is 0. The third kappa shape index (κ3) is 2.11. The van der Waals surface area contributed by atoms with Gasteiger partial charge >= 0.3 is 6.18 Å². The van der Waals surface area contributed by atoms with Crippen LogP contribution in [0.25, 0.3) is 11.1 Å². The largest absolute Gasteiger partial charge is 0.496 e. The van der Waals surface area contributed by atoms with Crippen LogP contribution < -0.4 is 10.5 Å². The first kappa shape index (κ1) is 12.3. The SMILES string of the molecule is COc1ccc(-c2cn[nH]c2N)cc1C(F)(F)F. The van der Waals surface area contributed by atoms with Gasteiger partial charge in [0.2, 0.25) is 0 Å². The predicted octanol–water partition coefficient (Wildman–Crippen LogP) is 2.69. The van der Waals surface area contributed by atoms with Gasteiger partial charge in [0.25, 0.3) is 0 Å². The van der Waals surface area contributed by atoms with Gasteiger partial charge in [-0.05, 0) is 17.7 Å².